The minimum Gasteiger partial charge on any atom is -0.369 e. The fraction of sp³-hybridized carbons (Fsp3) is 0.400. The molecular weight excluding hydrogens is 391 g/mol. The van der Waals surface area contributed by atoms with E-state index in [-0.39, 0.29) is 5.56 Å². The lowest BCUT2D eigenvalue weighted by Crippen LogP contribution is -2.28. The number of benzene rings is 1. The van der Waals surface area contributed by atoms with Crippen LogP contribution in [0.3, 0.4) is 0 Å². The van der Waals surface area contributed by atoms with Crippen LogP contribution in [0.5, 0.6) is 0 Å². The lowest BCUT2D eigenvalue weighted by Gasteiger charge is -2.10. The molecule has 0 spiro atoms. The van der Waals surface area contributed by atoms with E-state index in [1.54, 1.807) is 34.8 Å². The van der Waals surface area contributed by atoms with Crippen molar-refractivity contribution in [1.82, 2.24) is 25.1 Å². The summed E-state index contributed by atoms with van der Waals surface area (Å²) >= 11 is 1.59. The van der Waals surface area contributed by atoms with Crippen molar-refractivity contribution in [3.8, 4) is 0 Å². The number of nitrogens with zero attached hydrogens (tertiary/aromatic N) is 4. The zero-order valence-corrected chi connectivity index (χ0v) is 17.6. The van der Waals surface area contributed by atoms with Gasteiger partial charge in [0, 0.05) is 18.3 Å². The predicted molar refractivity (Wildman–Crippen MR) is 114 cm³/mol. The highest BCUT2D eigenvalue weighted by Gasteiger charge is 2.15. The maximum Gasteiger partial charge on any atom is 0.254 e. The first-order valence-corrected chi connectivity index (χ1v) is 10.5. The average molecular weight is 417 g/mol. The van der Waals surface area contributed by atoms with Crippen LogP contribution in [0.4, 0.5) is 10.2 Å². The molecule has 29 heavy (non-hydrogen) atoms. The normalized spacial score (nSPS) is 11.2. The second-order valence-electron chi connectivity index (χ2n) is 6.79. The summed E-state index contributed by atoms with van der Waals surface area (Å²) in [7, 11) is 0. The van der Waals surface area contributed by atoms with Crippen molar-refractivity contribution in [1.29, 1.82) is 0 Å². The molecule has 1 aromatic carbocycles. The van der Waals surface area contributed by atoms with Gasteiger partial charge in [-0.15, -0.1) is 0 Å². The molecule has 0 aliphatic rings. The minimum absolute atomic E-state index is 0.0295. The Morgan fingerprint density at radius 1 is 1.24 bits per heavy atom. The zero-order valence-electron chi connectivity index (χ0n) is 16.8. The molecule has 7 nitrogen and oxygen atoms in total. The summed E-state index contributed by atoms with van der Waals surface area (Å²) < 4.78 is 15.5. The molecule has 154 valence electrons. The molecule has 2 aromatic heterocycles. The van der Waals surface area contributed by atoms with E-state index in [4.69, 9.17) is 0 Å². The fourth-order valence-corrected chi connectivity index (χ4v) is 3.46. The molecule has 3 rings (SSSR count). The van der Waals surface area contributed by atoms with Gasteiger partial charge in [0.05, 0.1) is 23.7 Å². The number of aromatic nitrogens is 4. The Kier molecular flexibility index (Phi) is 7.03. The lowest BCUT2D eigenvalue weighted by atomic mass is 10.2. The van der Waals surface area contributed by atoms with Crippen molar-refractivity contribution in [2.75, 3.05) is 18.4 Å². The Balaban J connectivity index is 1.76. The van der Waals surface area contributed by atoms with Crippen LogP contribution in [0.2, 0.25) is 0 Å². The third-order valence-electron chi connectivity index (χ3n) is 4.09. The number of carbonyl (C=O) groups excluding carboxylic acids is 1. The van der Waals surface area contributed by atoms with Gasteiger partial charge in [-0.25, -0.2) is 19.0 Å². The summed E-state index contributed by atoms with van der Waals surface area (Å²) in [5.41, 5.74) is 0.740. The number of rotatable bonds is 9. The van der Waals surface area contributed by atoms with Gasteiger partial charge in [0.2, 0.25) is 0 Å². The second-order valence-corrected chi connectivity index (χ2v) is 8.33. The number of hydrogen-bond acceptors (Lipinski definition) is 6. The number of halogens is 1. The van der Waals surface area contributed by atoms with Crippen LogP contribution in [0.25, 0.3) is 11.0 Å². The molecule has 2 heterocycles. The van der Waals surface area contributed by atoms with E-state index in [2.05, 4.69) is 46.5 Å². The number of amides is 1. The van der Waals surface area contributed by atoms with E-state index < -0.39 is 11.7 Å². The molecular formula is C20H25FN6OS. The van der Waals surface area contributed by atoms with Gasteiger partial charge in [-0.05, 0) is 18.6 Å². The van der Waals surface area contributed by atoms with Gasteiger partial charge in [0.25, 0.3) is 5.91 Å². The largest absolute Gasteiger partial charge is 0.369 e. The van der Waals surface area contributed by atoms with Gasteiger partial charge in [-0.2, -0.15) is 5.10 Å². The Hall–Kier alpha value is -2.68. The van der Waals surface area contributed by atoms with Gasteiger partial charge >= 0.3 is 0 Å². The molecule has 1 amide bonds. The molecule has 2 N–H and O–H groups in total. The molecule has 3 aromatic rings. The molecule has 0 atom stereocenters. The summed E-state index contributed by atoms with van der Waals surface area (Å²) in [6.07, 6.45) is 2.71. The van der Waals surface area contributed by atoms with E-state index in [0.717, 1.165) is 24.2 Å². The van der Waals surface area contributed by atoms with Gasteiger partial charge < -0.3 is 10.6 Å². The van der Waals surface area contributed by atoms with E-state index in [0.29, 0.717) is 29.1 Å². The van der Waals surface area contributed by atoms with E-state index in [1.165, 1.54) is 12.1 Å². The summed E-state index contributed by atoms with van der Waals surface area (Å²) in [5, 5.41) is 12.4. The minimum atomic E-state index is -0.538. The van der Waals surface area contributed by atoms with Crippen LogP contribution in [-0.4, -0.2) is 44.0 Å². The first-order chi connectivity index (χ1) is 14.0. The van der Waals surface area contributed by atoms with Gasteiger partial charge in [0.15, 0.2) is 10.8 Å². The zero-order chi connectivity index (χ0) is 20.8. The van der Waals surface area contributed by atoms with Gasteiger partial charge in [-0.3, -0.25) is 4.79 Å². The fourth-order valence-electron chi connectivity index (χ4n) is 2.76. The predicted octanol–water partition coefficient (Wildman–Crippen LogP) is 3.72. The summed E-state index contributed by atoms with van der Waals surface area (Å²) in [5.74, 6) is -0.221. The first kappa shape index (κ1) is 21.0. The summed E-state index contributed by atoms with van der Waals surface area (Å²) in [4.78, 5) is 21.5. The second kappa shape index (κ2) is 9.69. The molecule has 9 heteroatoms. The molecule has 0 fully saturated rings. The smallest absolute Gasteiger partial charge is 0.254 e. The maximum atomic E-state index is 13.7. The molecule has 0 saturated heterocycles. The van der Waals surface area contributed by atoms with E-state index in [1.807, 2.05) is 0 Å². The summed E-state index contributed by atoms with van der Waals surface area (Å²) in [6.45, 7) is 7.80. The van der Waals surface area contributed by atoms with Crippen molar-refractivity contribution >= 4 is 34.5 Å². The highest BCUT2D eigenvalue weighted by molar-refractivity contribution is 7.99. The van der Waals surface area contributed by atoms with Gasteiger partial charge in [0.1, 0.15) is 11.6 Å². The van der Waals surface area contributed by atoms with Crippen LogP contribution in [0.1, 0.15) is 37.6 Å². The molecule has 0 radical (unpaired) electrons. The number of carbonyl (C=O) groups is 1. The molecule has 0 bridgehead atoms. The Labute approximate surface area is 173 Å². The standard InChI is InChI=1S/C20H25FN6OS/c1-4-9-22-17-15-12-24-27(18(15)26-20(25-17)29-13(2)3)11-10-23-19(28)14-7-5-6-8-16(14)21/h5-8,12-13H,4,9-11H2,1-3H3,(H,23,28)(H,22,25,26). The number of thioether (sulfide) groups is 1. The van der Waals surface area contributed by atoms with Crippen LogP contribution in [0.15, 0.2) is 35.6 Å². The topological polar surface area (TPSA) is 84.7 Å². The van der Waals surface area contributed by atoms with Crippen LogP contribution < -0.4 is 10.6 Å². The third kappa shape index (κ3) is 5.23. The number of anilines is 1. The monoisotopic (exact) mass is 416 g/mol. The Bertz CT molecular complexity index is 990. The van der Waals surface area contributed by atoms with Crippen molar-refractivity contribution in [2.24, 2.45) is 0 Å². The van der Waals surface area contributed by atoms with Crippen LogP contribution in [0, 0.1) is 5.82 Å². The van der Waals surface area contributed by atoms with E-state index in [9.17, 15) is 9.18 Å². The maximum absolute atomic E-state index is 13.7. The molecule has 0 saturated carbocycles. The van der Waals surface area contributed by atoms with Crippen LogP contribution >= 0.6 is 11.8 Å². The molecule has 0 aliphatic carbocycles. The quantitative estimate of drug-likeness (QED) is 0.409. The third-order valence-corrected chi connectivity index (χ3v) is 4.95. The highest BCUT2D eigenvalue weighted by atomic mass is 32.2. The average Bonchev–Trinajstić information content (AvgIpc) is 3.09. The molecule has 0 unspecified atom stereocenters. The van der Waals surface area contributed by atoms with Gasteiger partial charge in [-0.1, -0.05) is 44.7 Å². The highest BCUT2D eigenvalue weighted by Crippen LogP contribution is 2.26. The number of fused-ring (bicyclic) bond motifs is 1. The van der Waals surface area contributed by atoms with E-state index >= 15 is 0 Å². The Morgan fingerprint density at radius 3 is 2.76 bits per heavy atom. The van der Waals surface area contributed by atoms with Crippen molar-refractivity contribution in [2.45, 2.75) is 44.1 Å². The van der Waals surface area contributed by atoms with Crippen molar-refractivity contribution < 1.29 is 9.18 Å². The SMILES string of the molecule is CCCNc1nc(SC(C)C)nc2c1cnn2CCNC(=O)c1ccccc1F. The molecule has 0 aliphatic heterocycles. The summed E-state index contributed by atoms with van der Waals surface area (Å²) in [6, 6.07) is 5.92. The number of hydrogen-bond donors (Lipinski definition) is 2. The number of nitrogens with one attached hydrogen (secondary N) is 2. The van der Waals surface area contributed by atoms with Crippen molar-refractivity contribution in [3.05, 3.63) is 41.8 Å². The lowest BCUT2D eigenvalue weighted by molar-refractivity contribution is 0.0948. The Morgan fingerprint density at radius 2 is 2.03 bits per heavy atom. The first-order valence-electron chi connectivity index (χ1n) is 9.66. The van der Waals surface area contributed by atoms with Crippen molar-refractivity contribution in [3.63, 3.8) is 0 Å². The van der Waals surface area contributed by atoms with Crippen LogP contribution in [-0.2, 0) is 6.54 Å².